The molecule has 0 saturated heterocycles. The molecule has 1 atom stereocenters. The monoisotopic (exact) mass is 301 g/mol. The van der Waals surface area contributed by atoms with Gasteiger partial charge in [0.1, 0.15) is 10.7 Å². The predicted octanol–water partition coefficient (Wildman–Crippen LogP) is 2.59. The molecule has 2 aromatic rings. The Hall–Kier alpha value is -1.72. The molecule has 4 nitrogen and oxygen atoms in total. The van der Waals surface area contributed by atoms with Gasteiger partial charge in [-0.1, -0.05) is 24.3 Å². The molecule has 0 radical (unpaired) electrons. The lowest BCUT2D eigenvalue weighted by molar-refractivity contribution is 0.0929. The average molecular weight is 301 g/mol. The summed E-state index contributed by atoms with van der Waals surface area (Å²) in [5.74, 6) is 0.432. The Morgan fingerprint density at radius 2 is 2.24 bits per heavy atom. The summed E-state index contributed by atoms with van der Waals surface area (Å²) in [6.07, 6.45) is 2.32. The molecule has 1 aromatic carbocycles. The highest BCUT2D eigenvalue weighted by Crippen LogP contribution is 2.32. The van der Waals surface area contributed by atoms with Crippen LogP contribution in [0.2, 0.25) is 0 Å². The summed E-state index contributed by atoms with van der Waals surface area (Å²) in [4.78, 5) is 16.7. The summed E-state index contributed by atoms with van der Waals surface area (Å²) in [7, 11) is 0. The summed E-state index contributed by atoms with van der Waals surface area (Å²) < 4.78 is 0. The normalized spacial score (nSPS) is 15.7. The van der Waals surface area contributed by atoms with Crippen molar-refractivity contribution in [2.24, 2.45) is 11.7 Å². The van der Waals surface area contributed by atoms with E-state index in [4.69, 9.17) is 5.73 Å². The Balaban J connectivity index is 1.75. The Morgan fingerprint density at radius 3 is 2.90 bits per heavy atom. The fourth-order valence-electron chi connectivity index (χ4n) is 2.42. The largest absolute Gasteiger partial charge is 0.346 e. The number of carbonyl (C=O) groups is 1. The maximum Gasteiger partial charge on any atom is 0.271 e. The number of carbonyl (C=O) groups excluding carboxylic acids is 1. The molecule has 0 bridgehead atoms. The quantitative estimate of drug-likeness (QED) is 0.892. The highest BCUT2D eigenvalue weighted by atomic mass is 32.1. The van der Waals surface area contributed by atoms with Gasteiger partial charge in [-0.25, -0.2) is 4.98 Å². The summed E-state index contributed by atoms with van der Waals surface area (Å²) >= 11 is 1.50. The SMILES string of the molecule is Cc1ccccc1-c1nc(C(=O)NC(CN)C2CC2)cs1. The summed E-state index contributed by atoms with van der Waals surface area (Å²) in [5, 5.41) is 5.70. The van der Waals surface area contributed by atoms with Crippen LogP contribution < -0.4 is 11.1 Å². The number of hydrogen-bond donors (Lipinski definition) is 2. The minimum atomic E-state index is -0.117. The van der Waals surface area contributed by atoms with Gasteiger partial charge in [-0.2, -0.15) is 0 Å². The van der Waals surface area contributed by atoms with Crippen LogP contribution in [0.25, 0.3) is 10.6 Å². The van der Waals surface area contributed by atoms with Crippen LogP contribution in [-0.4, -0.2) is 23.5 Å². The number of nitrogens with two attached hydrogens (primary N) is 1. The maximum absolute atomic E-state index is 12.3. The van der Waals surface area contributed by atoms with Crippen LogP contribution in [0, 0.1) is 12.8 Å². The van der Waals surface area contributed by atoms with E-state index in [1.807, 2.05) is 36.6 Å². The Bertz CT molecular complexity index is 648. The molecule has 1 heterocycles. The molecule has 3 N–H and O–H groups in total. The van der Waals surface area contributed by atoms with Crippen molar-refractivity contribution in [2.45, 2.75) is 25.8 Å². The zero-order valence-electron chi connectivity index (χ0n) is 12.0. The number of nitrogens with zero attached hydrogens (tertiary/aromatic N) is 1. The number of benzene rings is 1. The van der Waals surface area contributed by atoms with E-state index in [-0.39, 0.29) is 11.9 Å². The fourth-order valence-corrected chi connectivity index (χ4v) is 3.31. The van der Waals surface area contributed by atoms with Crippen molar-refractivity contribution in [3.05, 3.63) is 40.9 Å². The molecule has 1 saturated carbocycles. The first kappa shape index (κ1) is 14.2. The van der Waals surface area contributed by atoms with Gasteiger partial charge in [0.15, 0.2) is 0 Å². The van der Waals surface area contributed by atoms with Crippen LogP contribution in [0.3, 0.4) is 0 Å². The van der Waals surface area contributed by atoms with E-state index in [1.165, 1.54) is 11.3 Å². The van der Waals surface area contributed by atoms with Crippen LogP contribution in [0.1, 0.15) is 28.9 Å². The summed E-state index contributed by atoms with van der Waals surface area (Å²) in [5.41, 5.74) is 8.45. The molecule has 5 heteroatoms. The number of thiazole rings is 1. The van der Waals surface area contributed by atoms with E-state index >= 15 is 0 Å². The zero-order chi connectivity index (χ0) is 14.8. The molecule has 110 valence electrons. The Labute approximate surface area is 128 Å². The minimum Gasteiger partial charge on any atom is -0.346 e. The lowest BCUT2D eigenvalue weighted by Gasteiger charge is -2.14. The van der Waals surface area contributed by atoms with Gasteiger partial charge in [-0.3, -0.25) is 4.79 Å². The van der Waals surface area contributed by atoms with Gasteiger partial charge in [-0.05, 0) is 31.2 Å². The van der Waals surface area contributed by atoms with E-state index in [2.05, 4.69) is 10.3 Å². The highest BCUT2D eigenvalue weighted by Gasteiger charge is 2.31. The first-order chi connectivity index (χ1) is 10.2. The van der Waals surface area contributed by atoms with Crippen molar-refractivity contribution >= 4 is 17.2 Å². The highest BCUT2D eigenvalue weighted by molar-refractivity contribution is 7.13. The van der Waals surface area contributed by atoms with Gasteiger partial charge >= 0.3 is 0 Å². The van der Waals surface area contributed by atoms with Crippen molar-refractivity contribution in [1.29, 1.82) is 0 Å². The van der Waals surface area contributed by atoms with Crippen molar-refractivity contribution < 1.29 is 4.79 Å². The second kappa shape index (κ2) is 5.95. The molecule has 0 spiro atoms. The minimum absolute atomic E-state index is 0.0844. The van der Waals surface area contributed by atoms with Crippen molar-refractivity contribution in [1.82, 2.24) is 10.3 Å². The molecule has 1 aliphatic rings. The second-order valence-corrected chi connectivity index (χ2v) is 6.36. The summed E-state index contributed by atoms with van der Waals surface area (Å²) in [6, 6.07) is 8.15. The molecule has 1 aliphatic carbocycles. The van der Waals surface area contributed by atoms with Gasteiger partial charge in [0.2, 0.25) is 0 Å². The van der Waals surface area contributed by atoms with Gasteiger partial charge in [0.25, 0.3) is 5.91 Å². The number of nitrogens with one attached hydrogen (secondary N) is 1. The predicted molar refractivity (Wildman–Crippen MR) is 85.3 cm³/mol. The Kier molecular flexibility index (Phi) is 4.03. The average Bonchev–Trinajstić information content (AvgIpc) is 3.21. The molecule has 1 fully saturated rings. The molecule has 21 heavy (non-hydrogen) atoms. The molecule has 3 rings (SSSR count). The topological polar surface area (TPSA) is 68.0 Å². The fraction of sp³-hybridized carbons (Fsp3) is 0.375. The number of aryl methyl sites for hydroxylation is 1. The van der Waals surface area contributed by atoms with E-state index in [0.717, 1.165) is 29.0 Å². The van der Waals surface area contributed by atoms with Gasteiger partial charge in [0.05, 0.1) is 0 Å². The number of amides is 1. The van der Waals surface area contributed by atoms with Gasteiger partial charge < -0.3 is 11.1 Å². The third-order valence-electron chi connectivity index (χ3n) is 3.87. The van der Waals surface area contributed by atoms with Crippen LogP contribution >= 0.6 is 11.3 Å². The molecule has 1 unspecified atom stereocenters. The van der Waals surface area contributed by atoms with Crippen molar-refractivity contribution in [2.75, 3.05) is 6.54 Å². The second-order valence-electron chi connectivity index (χ2n) is 5.51. The van der Waals surface area contributed by atoms with Crippen LogP contribution in [-0.2, 0) is 0 Å². The molecular formula is C16H19N3OS. The summed E-state index contributed by atoms with van der Waals surface area (Å²) in [6.45, 7) is 2.54. The van der Waals surface area contributed by atoms with Gasteiger partial charge in [-0.15, -0.1) is 11.3 Å². The number of rotatable bonds is 5. The van der Waals surface area contributed by atoms with E-state index < -0.39 is 0 Å². The first-order valence-corrected chi connectivity index (χ1v) is 8.09. The number of hydrogen-bond acceptors (Lipinski definition) is 4. The van der Waals surface area contributed by atoms with E-state index in [1.54, 1.807) is 0 Å². The molecular weight excluding hydrogens is 282 g/mol. The Morgan fingerprint density at radius 1 is 1.48 bits per heavy atom. The first-order valence-electron chi connectivity index (χ1n) is 7.21. The third-order valence-corrected chi connectivity index (χ3v) is 4.75. The van der Waals surface area contributed by atoms with Crippen LogP contribution in [0.15, 0.2) is 29.6 Å². The smallest absolute Gasteiger partial charge is 0.271 e. The van der Waals surface area contributed by atoms with Gasteiger partial charge in [0, 0.05) is 23.5 Å². The molecule has 0 aliphatic heterocycles. The zero-order valence-corrected chi connectivity index (χ0v) is 12.8. The molecule has 1 amide bonds. The maximum atomic E-state index is 12.3. The van der Waals surface area contributed by atoms with E-state index in [0.29, 0.717) is 18.2 Å². The van der Waals surface area contributed by atoms with Crippen LogP contribution in [0.5, 0.6) is 0 Å². The third kappa shape index (κ3) is 3.14. The van der Waals surface area contributed by atoms with E-state index in [9.17, 15) is 4.79 Å². The lowest BCUT2D eigenvalue weighted by atomic mass is 10.1. The van der Waals surface area contributed by atoms with Crippen LogP contribution in [0.4, 0.5) is 0 Å². The lowest BCUT2D eigenvalue weighted by Crippen LogP contribution is -2.41. The van der Waals surface area contributed by atoms with Crippen molar-refractivity contribution in [3.63, 3.8) is 0 Å². The van der Waals surface area contributed by atoms with Crippen molar-refractivity contribution in [3.8, 4) is 10.6 Å². The standard InChI is InChI=1S/C16H19N3OS/c1-10-4-2-3-5-12(10)16-19-14(9-21-16)15(20)18-13(8-17)11-6-7-11/h2-5,9,11,13H,6-8,17H2,1H3,(H,18,20). The molecule has 1 aromatic heterocycles. The number of aromatic nitrogens is 1.